The van der Waals surface area contributed by atoms with Gasteiger partial charge >= 0.3 is 0 Å². The molecule has 136 valence electrons. The smallest absolute Gasteiger partial charge is 0.213 e. The number of carbonyl (C=O) groups excluding carboxylic acids is 1. The molecule has 7 heteroatoms. The summed E-state index contributed by atoms with van der Waals surface area (Å²) in [5.41, 5.74) is 0.926. The maximum atomic E-state index is 13.1. The van der Waals surface area contributed by atoms with E-state index in [0.717, 1.165) is 27.8 Å². The molecule has 0 unspecified atom stereocenters. The van der Waals surface area contributed by atoms with E-state index >= 15 is 0 Å². The van der Waals surface area contributed by atoms with E-state index in [9.17, 15) is 9.18 Å². The Morgan fingerprint density at radius 2 is 2.12 bits per heavy atom. The highest BCUT2D eigenvalue weighted by molar-refractivity contribution is 7.19. The molecule has 0 bridgehead atoms. The Hall–Kier alpha value is -2.38. The second-order valence-corrected chi connectivity index (χ2v) is 7.07. The number of amides is 1. The first kappa shape index (κ1) is 18.4. The summed E-state index contributed by atoms with van der Waals surface area (Å²) in [6.45, 7) is 3.13. The lowest BCUT2D eigenvalue weighted by Crippen LogP contribution is -2.14. The van der Waals surface area contributed by atoms with E-state index in [2.05, 4.69) is 22.2 Å². The number of anilines is 1. The number of ether oxygens (including phenoxy) is 1. The molecule has 5 nitrogen and oxygen atoms in total. The third-order valence-corrected chi connectivity index (χ3v) is 5.05. The highest BCUT2D eigenvalue weighted by Gasteiger charge is 2.06. The molecule has 1 aliphatic heterocycles. The van der Waals surface area contributed by atoms with Crippen LogP contribution in [-0.2, 0) is 9.53 Å². The Kier molecular flexibility index (Phi) is 6.25. The van der Waals surface area contributed by atoms with Gasteiger partial charge in [0.25, 0.3) is 0 Å². The number of pyridine rings is 1. The van der Waals surface area contributed by atoms with Gasteiger partial charge in [0.2, 0.25) is 12.4 Å². The molecule has 1 saturated heterocycles. The monoisotopic (exact) mass is 373 g/mol. The van der Waals surface area contributed by atoms with Crippen LogP contribution in [-0.4, -0.2) is 29.1 Å². The number of benzene rings is 1. The van der Waals surface area contributed by atoms with E-state index in [-0.39, 0.29) is 0 Å². The standard InChI is InChI=1S/C13H8FN3OS.C6H12O/c14-12-4-10-3-8(1-2-9(10)5-15-12)11-6-16-13(19-11)17-7-18;1-6-4-2-3-5-7-6/h1-7H,(H,16,17,18);6H,2-5H2,1H3/t;6-/m.1/s1. The minimum absolute atomic E-state index is 0.503. The van der Waals surface area contributed by atoms with Crippen molar-refractivity contribution in [1.29, 1.82) is 0 Å². The van der Waals surface area contributed by atoms with Crippen molar-refractivity contribution < 1.29 is 13.9 Å². The van der Waals surface area contributed by atoms with Gasteiger partial charge in [-0.15, -0.1) is 0 Å². The molecule has 1 aromatic carbocycles. The Morgan fingerprint density at radius 1 is 1.23 bits per heavy atom. The van der Waals surface area contributed by atoms with E-state index in [0.29, 0.717) is 17.6 Å². The first-order valence-corrected chi connectivity index (χ1v) is 9.30. The number of fused-ring (bicyclic) bond motifs is 1. The van der Waals surface area contributed by atoms with Crippen LogP contribution in [0.25, 0.3) is 21.2 Å². The lowest BCUT2D eigenvalue weighted by atomic mass is 10.1. The van der Waals surface area contributed by atoms with Crippen LogP contribution >= 0.6 is 11.3 Å². The average molecular weight is 373 g/mol. The third-order valence-electron chi connectivity index (χ3n) is 4.07. The van der Waals surface area contributed by atoms with Crippen molar-refractivity contribution in [1.82, 2.24) is 9.97 Å². The van der Waals surface area contributed by atoms with Crippen LogP contribution in [0.3, 0.4) is 0 Å². The number of halogens is 1. The Balaban J connectivity index is 0.000000236. The average Bonchev–Trinajstić information content (AvgIpc) is 3.11. The summed E-state index contributed by atoms with van der Waals surface area (Å²) in [6, 6.07) is 7.06. The molecular weight excluding hydrogens is 353 g/mol. The van der Waals surface area contributed by atoms with Crippen molar-refractivity contribution in [3.63, 3.8) is 0 Å². The summed E-state index contributed by atoms with van der Waals surface area (Å²) in [4.78, 5) is 18.9. The zero-order valence-electron chi connectivity index (χ0n) is 14.4. The number of nitrogens with one attached hydrogen (secondary N) is 1. The van der Waals surface area contributed by atoms with Gasteiger partial charge in [-0.05, 0) is 43.2 Å². The van der Waals surface area contributed by atoms with Gasteiger partial charge in [0.15, 0.2) is 5.13 Å². The number of carbonyl (C=O) groups is 1. The van der Waals surface area contributed by atoms with Crippen molar-refractivity contribution in [2.45, 2.75) is 32.3 Å². The van der Waals surface area contributed by atoms with Crippen molar-refractivity contribution in [2.24, 2.45) is 0 Å². The SMILES string of the molecule is C[C@@H]1CCCCO1.O=CNc1ncc(-c2ccc3cnc(F)cc3c2)s1. The second kappa shape index (κ2) is 8.82. The molecule has 26 heavy (non-hydrogen) atoms. The maximum absolute atomic E-state index is 13.1. The predicted molar refractivity (Wildman–Crippen MR) is 102 cm³/mol. The van der Waals surface area contributed by atoms with Crippen LogP contribution in [0.15, 0.2) is 36.7 Å². The number of hydrogen-bond donors (Lipinski definition) is 1. The van der Waals surface area contributed by atoms with E-state index < -0.39 is 5.95 Å². The fourth-order valence-corrected chi connectivity index (χ4v) is 3.46. The molecular formula is C19H20FN3O2S. The Morgan fingerprint density at radius 3 is 2.81 bits per heavy atom. The molecule has 1 amide bonds. The molecule has 3 heterocycles. The van der Waals surface area contributed by atoms with Gasteiger partial charge in [0.1, 0.15) is 0 Å². The van der Waals surface area contributed by atoms with Gasteiger partial charge in [0.05, 0.1) is 11.0 Å². The normalized spacial score (nSPS) is 16.6. The topological polar surface area (TPSA) is 64.1 Å². The fraction of sp³-hybridized carbons (Fsp3) is 0.316. The third kappa shape index (κ3) is 4.83. The van der Waals surface area contributed by atoms with Crippen molar-refractivity contribution in [3.05, 3.63) is 42.6 Å². The molecule has 1 fully saturated rings. The predicted octanol–water partition coefficient (Wildman–Crippen LogP) is 4.64. The lowest BCUT2D eigenvalue weighted by Gasteiger charge is -2.17. The van der Waals surface area contributed by atoms with Gasteiger partial charge in [-0.1, -0.05) is 23.5 Å². The minimum atomic E-state index is -0.503. The van der Waals surface area contributed by atoms with Crippen molar-refractivity contribution >= 4 is 33.7 Å². The lowest BCUT2D eigenvalue weighted by molar-refractivity contribution is -0.105. The molecule has 1 N–H and O–H groups in total. The van der Waals surface area contributed by atoms with Crippen LogP contribution in [0.5, 0.6) is 0 Å². The van der Waals surface area contributed by atoms with Gasteiger partial charge in [0, 0.05) is 30.5 Å². The van der Waals surface area contributed by atoms with Gasteiger partial charge in [-0.25, -0.2) is 9.97 Å². The highest BCUT2D eigenvalue weighted by Crippen LogP contribution is 2.30. The van der Waals surface area contributed by atoms with Crippen LogP contribution in [0.1, 0.15) is 26.2 Å². The zero-order valence-corrected chi connectivity index (χ0v) is 15.3. The molecule has 4 rings (SSSR count). The summed E-state index contributed by atoms with van der Waals surface area (Å²) in [5.74, 6) is -0.503. The minimum Gasteiger partial charge on any atom is -0.379 e. The molecule has 1 atom stereocenters. The van der Waals surface area contributed by atoms with Gasteiger partial charge in [-0.3, -0.25) is 4.79 Å². The van der Waals surface area contributed by atoms with E-state index in [1.54, 1.807) is 6.20 Å². The van der Waals surface area contributed by atoms with Crippen LogP contribution in [0, 0.1) is 5.95 Å². The molecule has 3 aromatic rings. The fourth-order valence-electron chi connectivity index (χ4n) is 2.69. The zero-order chi connectivity index (χ0) is 18.4. The summed E-state index contributed by atoms with van der Waals surface area (Å²) in [5, 5.41) is 4.69. The second-order valence-electron chi connectivity index (χ2n) is 6.04. The maximum Gasteiger partial charge on any atom is 0.213 e. The largest absolute Gasteiger partial charge is 0.379 e. The highest BCUT2D eigenvalue weighted by atomic mass is 32.1. The van der Waals surface area contributed by atoms with Crippen LogP contribution < -0.4 is 5.32 Å². The van der Waals surface area contributed by atoms with Gasteiger partial charge in [-0.2, -0.15) is 4.39 Å². The van der Waals surface area contributed by atoms with Crippen molar-refractivity contribution in [3.8, 4) is 10.4 Å². The van der Waals surface area contributed by atoms with Crippen LogP contribution in [0.2, 0.25) is 0 Å². The van der Waals surface area contributed by atoms with E-state index in [1.807, 2.05) is 18.2 Å². The number of thiazole rings is 1. The summed E-state index contributed by atoms with van der Waals surface area (Å²) in [7, 11) is 0. The molecule has 1 aliphatic rings. The van der Waals surface area contributed by atoms with Gasteiger partial charge < -0.3 is 10.1 Å². The summed E-state index contributed by atoms with van der Waals surface area (Å²) < 4.78 is 18.4. The molecule has 0 radical (unpaired) electrons. The first-order valence-electron chi connectivity index (χ1n) is 8.49. The summed E-state index contributed by atoms with van der Waals surface area (Å²) >= 11 is 1.36. The van der Waals surface area contributed by atoms with Crippen molar-refractivity contribution in [2.75, 3.05) is 11.9 Å². The number of hydrogen-bond acceptors (Lipinski definition) is 5. The van der Waals surface area contributed by atoms with E-state index in [1.165, 1.54) is 42.9 Å². The molecule has 2 aromatic heterocycles. The Bertz CT molecular complexity index is 878. The quantitative estimate of drug-likeness (QED) is 0.536. The summed E-state index contributed by atoms with van der Waals surface area (Å²) in [6.07, 6.45) is 8.19. The molecule has 0 saturated carbocycles. The first-order chi connectivity index (χ1) is 12.7. The number of nitrogens with zero attached hydrogens (tertiary/aromatic N) is 2. The molecule has 0 spiro atoms. The number of aromatic nitrogens is 2. The Labute approximate surface area is 155 Å². The number of rotatable bonds is 3. The van der Waals surface area contributed by atoms with Crippen LogP contribution in [0.4, 0.5) is 9.52 Å². The molecule has 0 aliphatic carbocycles. The van der Waals surface area contributed by atoms with E-state index in [4.69, 9.17) is 4.74 Å².